The molecule has 1 N–H and O–H groups in total. The summed E-state index contributed by atoms with van der Waals surface area (Å²) in [6.07, 6.45) is -2.70. The van der Waals surface area contributed by atoms with Crippen molar-refractivity contribution in [3.63, 3.8) is 0 Å². The van der Waals surface area contributed by atoms with Crippen molar-refractivity contribution in [2.24, 2.45) is 0 Å². The van der Waals surface area contributed by atoms with Gasteiger partial charge in [0.25, 0.3) is 0 Å². The fourth-order valence-corrected chi connectivity index (χ4v) is 1.11. The van der Waals surface area contributed by atoms with Gasteiger partial charge in [-0.2, -0.15) is 0 Å². The molecule has 0 saturated carbocycles. The van der Waals surface area contributed by atoms with Gasteiger partial charge in [-0.1, -0.05) is 12.1 Å². The highest BCUT2D eigenvalue weighted by molar-refractivity contribution is 5.69. The minimum atomic E-state index is -2.55. The Labute approximate surface area is 95.3 Å². The van der Waals surface area contributed by atoms with Crippen LogP contribution in [0.5, 0.6) is 5.75 Å². The van der Waals surface area contributed by atoms with Gasteiger partial charge in [0.2, 0.25) is 0 Å². The molecular weight excluding hydrogens is 192 g/mol. The summed E-state index contributed by atoms with van der Waals surface area (Å²) in [6.45, 7) is -1.26. The van der Waals surface area contributed by atoms with Crippen LogP contribution in [0.1, 0.15) is 31.2 Å². The Balaban J connectivity index is 2.65. The lowest BCUT2D eigenvalue weighted by Gasteiger charge is -2.05. The maximum Gasteiger partial charge on any atom is 0.308 e. The predicted octanol–water partition coefficient (Wildman–Crippen LogP) is 1.93. The summed E-state index contributed by atoms with van der Waals surface area (Å²) in [5.41, 5.74) is 0.694. The van der Waals surface area contributed by atoms with Gasteiger partial charge in [-0.25, -0.2) is 0 Å². The first kappa shape index (κ1) is 7.01. The van der Waals surface area contributed by atoms with E-state index >= 15 is 0 Å². The molecule has 1 aromatic carbocycles. The first-order valence-corrected chi connectivity index (χ1v) is 4.58. The molecule has 82 valence electrons. The highest BCUT2D eigenvalue weighted by atomic mass is 16.5. The molecule has 3 nitrogen and oxygen atoms in total. The van der Waals surface area contributed by atoms with Gasteiger partial charge in [0.1, 0.15) is 5.75 Å². The molecule has 0 unspecified atom stereocenters. The Morgan fingerprint density at radius 3 is 2.80 bits per heavy atom. The summed E-state index contributed by atoms with van der Waals surface area (Å²) < 4.78 is 33.6. The van der Waals surface area contributed by atoms with Crippen LogP contribution in [0.3, 0.4) is 0 Å². The smallest absolute Gasteiger partial charge is 0.308 e. The van der Waals surface area contributed by atoms with Gasteiger partial charge >= 0.3 is 5.97 Å². The monoisotopic (exact) mass is 212 g/mol. The molecule has 1 rings (SSSR count). The van der Waals surface area contributed by atoms with Crippen LogP contribution in [0, 0.1) is 0 Å². The normalized spacial score (nSPS) is 19.1. The van der Waals surface area contributed by atoms with E-state index in [1.54, 1.807) is 24.3 Å². The predicted molar refractivity (Wildman–Crippen MR) is 57.8 cm³/mol. The van der Waals surface area contributed by atoms with Crippen LogP contribution >= 0.6 is 0 Å². The Morgan fingerprint density at radius 1 is 1.60 bits per heavy atom. The molecule has 0 fully saturated rings. The van der Waals surface area contributed by atoms with Gasteiger partial charge < -0.3 is 9.84 Å². The minimum absolute atomic E-state index is 0.111. The van der Waals surface area contributed by atoms with E-state index in [-0.39, 0.29) is 6.42 Å². The van der Waals surface area contributed by atoms with Crippen molar-refractivity contribution in [2.45, 2.75) is 32.7 Å². The molecule has 3 heteroatoms. The third kappa shape index (κ3) is 4.61. The van der Waals surface area contributed by atoms with Crippen LogP contribution in [-0.4, -0.2) is 17.2 Å². The number of carbonyl (C=O) groups is 1. The lowest BCUT2D eigenvalue weighted by Crippen LogP contribution is -2.02. The lowest BCUT2D eigenvalue weighted by molar-refractivity contribution is -0.131. The van der Waals surface area contributed by atoms with Crippen molar-refractivity contribution in [3.8, 4) is 5.75 Å². The Bertz CT molecular complexity index is 428. The van der Waals surface area contributed by atoms with Gasteiger partial charge in [0, 0.05) is 12.4 Å². The fourth-order valence-electron chi connectivity index (χ4n) is 1.11. The molecule has 0 spiro atoms. The molecule has 0 amide bonds. The molecule has 1 aromatic rings. The molecule has 0 heterocycles. The van der Waals surface area contributed by atoms with Gasteiger partial charge in [0.15, 0.2) is 0 Å². The van der Waals surface area contributed by atoms with Crippen molar-refractivity contribution < 1.29 is 20.1 Å². The van der Waals surface area contributed by atoms with E-state index in [2.05, 4.69) is 0 Å². The standard InChI is InChI=1S/C12H16O3/c1-9(13)3-4-11-5-7-12(8-6-11)15-10(2)14/h5-9,13H,3-4H2,1-2H3/t9-/m1/s1/i1D3,3D/t3-,9-. The SMILES string of the molecule is [2H][C@H](Cc1ccc(OC(C)=O)cc1)[C@H](O)C([2H])([2H])[2H]. The van der Waals surface area contributed by atoms with Crippen LogP contribution in [0.15, 0.2) is 24.3 Å². The average Bonchev–Trinajstić information content (AvgIpc) is 2.28. The second-order valence-corrected chi connectivity index (χ2v) is 3.12. The number of hydrogen-bond donors (Lipinski definition) is 1. The molecule has 0 aliphatic heterocycles. The van der Waals surface area contributed by atoms with E-state index in [9.17, 15) is 9.90 Å². The molecule has 0 saturated heterocycles. The summed E-state index contributed by atoms with van der Waals surface area (Å²) >= 11 is 0. The number of aryl methyl sites for hydroxylation is 1. The molecule has 0 radical (unpaired) electrons. The quantitative estimate of drug-likeness (QED) is 0.612. The van der Waals surface area contributed by atoms with Gasteiger partial charge in [-0.15, -0.1) is 0 Å². The summed E-state index contributed by atoms with van der Waals surface area (Å²) in [5, 5.41) is 9.47. The second-order valence-electron chi connectivity index (χ2n) is 3.12. The first-order valence-electron chi connectivity index (χ1n) is 6.65. The van der Waals surface area contributed by atoms with Crippen molar-refractivity contribution in [2.75, 3.05) is 0 Å². The lowest BCUT2D eigenvalue weighted by atomic mass is 10.1. The van der Waals surface area contributed by atoms with Crippen LogP contribution in [0.4, 0.5) is 0 Å². The van der Waals surface area contributed by atoms with E-state index < -0.39 is 25.3 Å². The number of rotatable bonds is 4. The highest BCUT2D eigenvalue weighted by Crippen LogP contribution is 2.14. The number of hydrogen-bond acceptors (Lipinski definition) is 3. The summed E-state index contributed by atoms with van der Waals surface area (Å²) in [7, 11) is 0. The number of aliphatic hydroxyl groups is 1. The Morgan fingerprint density at radius 2 is 2.27 bits per heavy atom. The van der Waals surface area contributed by atoms with Crippen LogP contribution in [0.25, 0.3) is 0 Å². The fraction of sp³-hybridized carbons (Fsp3) is 0.417. The third-order valence-electron chi connectivity index (χ3n) is 1.76. The minimum Gasteiger partial charge on any atom is -0.427 e. The summed E-state index contributed by atoms with van der Waals surface area (Å²) in [4.78, 5) is 10.7. The Kier molecular flexibility index (Phi) is 2.58. The van der Waals surface area contributed by atoms with Gasteiger partial charge in [-0.3, -0.25) is 4.79 Å². The third-order valence-corrected chi connectivity index (χ3v) is 1.76. The summed E-state index contributed by atoms with van der Waals surface area (Å²) in [6, 6.07) is 6.38. The molecule has 15 heavy (non-hydrogen) atoms. The zero-order valence-corrected chi connectivity index (χ0v) is 8.43. The maximum absolute atomic E-state index is 10.7. The van der Waals surface area contributed by atoms with Crippen LogP contribution in [-0.2, 0) is 11.2 Å². The van der Waals surface area contributed by atoms with E-state index in [0.29, 0.717) is 11.3 Å². The molecule has 0 aromatic heterocycles. The number of esters is 1. The van der Waals surface area contributed by atoms with Gasteiger partial charge in [-0.05, 0) is 37.4 Å². The highest BCUT2D eigenvalue weighted by Gasteiger charge is 2.00. The van der Waals surface area contributed by atoms with Crippen LogP contribution in [0.2, 0.25) is 0 Å². The van der Waals surface area contributed by atoms with Crippen molar-refractivity contribution in [3.05, 3.63) is 29.8 Å². The largest absolute Gasteiger partial charge is 0.427 e. The molecule has 0 bridgehead atoms. The van der Waals surface area contributed by atoms with Crippen molar-refractivity contribution in [1.82, 2.24) is 0 Å². The zero-order valence-electron chi connectivity index (χ0n) is 12.4. The molecular formula is C12H16O3. The van der Waals surface area contributed by atoms with E-state index in [1.165, 1.54) is 6.92 Å². The number of benzene rings is 1. The molecule has 2 atom stereocenters. The van der Waals surface area contributed by atoms with Crippen LogP contribution < -0.4 is 4.74 Å². The maximum atomic E-state index is 10.7. The first-order chi connectivity index (χ1) is 8.70. The number of ether oxygens (including phenoxy) is 1. The van der Waals surface area contributed by atoms with E-state index in [4.69, 9.17) is 10.2 Å². The van der Waals surface area contributed by atoms with Crippen molar-refractivity contribution in [1.29, 1.82) is 0 Å². The number of carbonyl (C=O) groups excluding carboxylic acids is 1. The Hall–Kier alpha value is -1.35. The molecule has 0 aliphatic carbocycles. The second kappa shape index (κ2) is 5.51. The zero-order chi connectivity index (χ0) is 14.6. The molecule has 0 aliphatic rings. The topological polar surface area (TPSA) is 46.5 Å². The van der Waals surface area contributed by atoms with Gasteiger partial charge in [0.05, 0.1) is 6.10 Å². The number of aliphatic hydroxyl groups excluding tert-OH is 1. The van der Waals surface area contributed by atoms with E-state index in [0.717, 1.165) is 0 Å². The van der Waals surface area contributed by atoms with Crippen molar-refractivity contribution >= 4 is 5.97 Å². The summed E-state index contributed by atoms with van der Waals surface area (Å²) in [5.74, 6) is -0.0434. The van der Waals surface area contributed by atoms with E-state index in [1.807, 2.05) is 0 Å². The average molecular weight is 212 g/mol.